The second kappa shape index (κ2) is 6.29. The zero-order valence-corrected chi connectivity index (χ0v) is 14.2. The SMILES string of the molecule is CC(C)c1nc(Cc2ccc(Cl)c(Cl)c2)nc(N)c1Br. The highest BCUT2D eigenvalue weighted by Gasteiger charge is 2.13. The maximum Gasteiger partial charge on any atom is 0.141 e. The minimum atomic E-state index is 0.266. The van der Waals surface area contributed by atoms with Crippen LogP contribution in [0.4, 0.5) is 5.82 Å². The summed E-state index contributed by atoms with van der Waals surface area (Å²) in [5, 5.41) is 1.06. The first kappa shape index (κ1) is 15.5. The monoisotopic (exact) mass is 373 g/mol. The standard InChI is InChI=1S/C14H14BrCl2N3/c1-7(2)13-12(15)14(18)20-11(19-13)6-8-3-4-9(16)10(17)5-8/h3-5,7H,6H2,1-2H3,(H2,18,19,20). The van der Waals surface area contributed by atoms with Crippen molar-refractivity contribution in [3.63, 3.8) is 0 Å². The maximum atomic E-state index is 6.01. The lowest BCUT2D eigenvalue weighted by molar-refractivity contribution is 0.786. The van der Waals surface area contributed by atoms with Crippen LogP contribution in [0.3, 0.4) is 0 Å². The van der Waals surface area contributed by atoms with Crippen molar-refractivity contribution in [1.29, 1.82) is 0 Å². The van der Waals surface area contributed by atoms with Crippen LogP contribution in [0.5, 0.6) is 0 Å². The average molecular weight is 375 g/mol. The fourth-order valence-corrected chi connectivity index (χ4v) is 2.78. The lowest BCUT2D eigenvalue weighted by Crippen LogP contribution is -2.07. The molecule has 0 aliphatic carbocycles. The van der Waals surface area contributed by atoms with Gasteiger partial charge in [-0.15, -0.1) is 0 Å². The number of benzene rings is 1. The molecule has 1 aromatic heterocycles. The first-order chi connectivity index (χ1) is 9.38. The highest BCUT2D eigenvalue weighted by atomic mass is 79.9. The van der Waals surface area contributed by atoms with Crippen LogP contribution >= 0.6 is 39.1 Å². The van der Waals surface area contributed by atoms with E-state index in [9.17, 15) is 0 Å². The normalized spacial score (nSPS) is 11.1. The first-order valence-corrected chi connectivity index (χ1v) is 7.69. The Kier molecular flexibility index (Phi) is 4.89. The Bertz CT molecular complexity index is 645. The number of hydrogen-bond donors (Lipinski definition) is 1. The van der Waals surface area contributed by atoms with E-state index >= 15 is 0 Å². The molecular weight excluding hydrogens is 361 g/mol. The van der Waals surface area contributed by atoms with E-state index in [-0.39, 0.29) is 5.92 Å². The van der Waals surface area contributed by atoms with Gasteiger partial charge in [0.15, 0.2) is 0 Å². The van der Waals surface area contributed by atoms with E-state index < -0.39 is 0 Å². The van der Waals surface area contributed by atoms with Gasteiger partial charge in [-0.1, -0.05) is 43.1 Å². The fraction of sp³-hybridized carbons (Fsp3) is 0.286. The molecule has 1 heterocycles. The van der Waals surface area contributed by atoms with Crippen molar-refractivity contribution >= 4 is 44.9 Å². The van der Waals surface area contributed by atoms with E-state index in [4.69, 9.17) is 28.9 Å². The molecule has 0 unspecified atom stereocenters. The molecule has 1 aromatic carbocycles. The van der Waals surface area contributed by atoms with Crippen LogP contribution in [-0.2, 0) is 6.42 Å². The van der Waals surface area contributed by atoms with Crippen LogP contribution in [0.15, 0.2) is 22.7 Å². The molecule has 0 bridgehead atoms. The van der Waals surface area contributed by atoms with Gasteiger partial charge in [0.25, 0.3) is 0 Å². The minimum absolute atomic E-state index is 0.266. The number of aromatic nitrogens is 2. The highest BCUT2D eigenvalue weighted by molar-refractivity contribution is 9.10. The van der Waals surface area contributed by atoms with Gasteiger partial charge in [-0.2, -0.15) is 0 Å². The summed E-state index contributed by atoms with van der Waals surface area (Å²) in [5.74, 6) is 1.40. The summed E-state index contributed by atoms with van der Waals surface area (Å²) in [6.07, 6.45) is 0.564. The fourth-order valence-electron chi connectivity index (χ4n) is 1.83. The van der Waals surface area contributed by atoms with Gasteiger partial charge in [-0.05, 0) is 39.5 Å². The van der Waals surface area contributed by atoms with E-state index in [1.54, 1.807) is 6.07 Å². The molecule has 0 aliphatic rings. The topological polar surface area (TPSA) is 51.8 Å². The van der Waals surface area contributed by atoms with Gasteiger partial charge in [0.2, 0.25) is 0 Å². The molecule has 0 saturated carbocycles. The van der Waals surface area contributed by atoms with Crippen molar-refractivity contribution in [1.82, 2.24) is 9.97 Å². The third-order valence-corrected chi connectivity index (χ3v) is 4.39. The second-order valence-electron chi connectivity index (χ2n) is 4.80. The van der Waals surface area contributed by atoms with E-state index in [1.807, 2.05) is 12.1 Å². The highest BCUT2D eigenvalue weighted by Crippen LogP contribution is 2.28. The van der Waals surface area contributed by atoms with Crippen LogP contribution in [0.2, 0.25) is 10.0 Å². The number of nitrogens with zero attached hydrogens (tertiary/aromatic N) is 2. The van der Waals surface area contributed by atoms with Crippen LogP contribution in [0, 0.1) is 0 Å². The van der Waals surface area contributed by atoms with E-state index in [1.165, 1.54) is 0 Å². The van der Waals surface area contributed by atoms with Gasteiger partial charge in [-0.3, -0.25) is 0 Å². The molecule has 0 aliphatic heterocycles. The predicted molar refractivity (Wildman–Crippen MR) is 87.5 cm³/mol. The van der Waals surface area contributed by atoms with Crippen molar-refractivity contribution < 1.29 is 0 Å². The lowest BCUT2D eigenvalue weighted by Gasteiger charge is -2.11. The summed E-state index contributed by atoms with van der Waals surface area (Å²) in [6.45, 7) is 4.13. The van der Waals surface area contributed by atoms with Crippen molar-refractivity contribution in [3.05, 3.63) is 49.8 Å². The number of hydrogen-bond acceptors (Lipinski definition) is 3. The number of anilines is 1. The van der Waals surface area contributed by atoms with Gasteiger partial charge >= 0.3 is 0 Å². The van der Waals surface area contributed by atoms with Crippen LogP contribution in [0.1, 0.15) is 36.8 Å². The molecular formula is C14H14BrCl2N3. The molecule has 0 radical (unpaired) electrons. The van der Waals surface area contributed by atoms with Gasteiger partial charge in [0.05, 0.1) is 20.2 Å². The Morgan fingerprint density at radius 1 is 1.20 bits per heavy atom. The Labute approximate surface area is 136 Å². The summed E-state index contributed by atoms with van der Waals surface area (Å²) in [7, 11) is 0. The summed E-state index contributed by atoms with van der Waals surface area (Å²) < 4.78 is 0.769. The van der Waals surface area contributed by atoms with Crippen LogP contribution < -0.4 is 5.73 Å². The van der Waals surface area contributed by atoms with E-state index in [0.717, 1.165) is 15.7 Å². The molecule has 2 rings (SSSR count). The van der Waals surface area contributed by atoms with Crippen molar-refractivity contribution in [3.8, 4) is 0 Å². The Hall–Kier alpha value is -0.840. The van der Waals surface area contributed by atoms with Crippen molar-refractivity contribution in [2.24, 2.45) is 0 Å². The third-order valence-electron chi connectivity index (χ3n) is 2.84. The average Bonchev–Trinajstić information content (AvgIpc) is 2.37. The molecule has 3 nitrogen and oxygen atoms in total. The second-order valence-corrected chi connectivity index (χ2v) is 6.41. The zero-order valence-electron chi connectivity index (χ0n) is 11.1. The minimum Gasteiger partial charge on any atom is -0.383 e. The summed E-state index contributed by atoms with van der Waals surface area (Å²) in [5.41, 5.74) is 7.83. The molecule has 0 atom stereocenters. The zero-order chi connectivity index (χ0) is 14.9. The third kappa shape index (κ3) is 3.43. The number of nitrogens with two attached hydrogens (primary N) is 1. The molecule has 2 N–H and O–H groups in total. The number of halogens is 3. The Morgan fingerprint density at radius 2 is 1.90 bits per heavy atom. The predicted octanol–water partition coefficient (Wildman–Crippen LogP) is 4.84. The van der Waals surface area contributed by atoms with Crippen LogP contribution in [-0.4, -0.2) is 9.97 Å². The quantitative estimate of drug-likeness (QED) is 0.835. The number of rotatable bonds is 3. The summed E-state index contributed by atoms with van der Waals surface area (Å²) in [4.78, 5) is 8.87. The van der Waals surface area contributed by atoms with Crippen LogP contribution in [0.25, 0.3) is 0 Å². The Balaban J connectivity index is 2.36. The van der Waals surface area contributed by atoms with Gasteiger partial charge in [0, 0.05) is 6.42 Å². The van der Waals surface area contributed by atoms with Crippen molar-refractivity contribution in [2.45, 2.75) is 26.2 Å². The molecule has 106 valence electrons. The molecule has 0 fully saturated rings. The lowest BCUT2D eigenvalue weighted by atomic mass is 10.1. The van der Waals surface area contributed by atoms with Gasteiger partial charge in [0.1, 0.15) is 11.6 Å². The Morgan fingerprint density at radius 3 is 2.50 bits per heavy atom. The molecule has 20 heavy (non-hydrogen) atoms. The molecule has 0 amide bonds. The first-order valence-electron chi connectivity index (χ1n) is 6.14. The molecule has 6 heteroatoms. The number of nitrogen functional groups attached to an aromatic ring is 1. The molecule has 2 aromatic rings. The molecule has 0 spiro atoms. The summed E-state index contributed by atoms with van der Waals surface area (Å²) in [6, 6.07) is 5.50. The smallest absolute Gasteiger partial charge is 0.141 e. The van der Waals surface area contributed by atoms with E-state index in [2.05, 4.69) is 39.7 Å². The largest absolute Gasteiger partial charge is 0.383 e. The van der Waals surface area contributed by atoms with Gasteiger partial charge in [-0.25, -0.2) is 9.97 Å². The maximum absolute atomic E-state index is 6.01. The van der Waals surface area contributed by atoms with Crippen molar-refractivity contribution in [2.75, 3.05) is 5.73 Å². The molecule has 0 saturated heterocycles. The summed E-state index contributed by atoms with van der Waals surface area (Å²) >= 11 is 15.4. The van der Waals surface area contributed by atoms with Gasteiger partial charge < -0.3 is 5.73 Å². The van der Waals surface area contributed by atoms with E-state index in [0.29, 0.717) is 28.1 Å².